The van der Waals surface area contributed by atoms with Crippen LogP contribution < -0.4 is 19.5 Å². The second-order valence-electron chi connectivity index (χ2n) is 6.89. The van der Waals surface area contributed by atoms with Gasteiger partial charge in [0, 0.05) is 26.1 Å². The summed E-state index contributed by atoms with van der Waals surface area (Å²) in [6.07, 6.45) is 0.915. The number of nitrogens with zero attached hydrogens (tertiary/aromatic N) is 1. The Morgan fingerprint density at radius 3 is 2.39 bits per heavy atom. The highest BCUT2D eigenvalue weighted by Gasteiger charge is 2.15. The van der Waals surface area contributed by atoms with Crippen molar-refractivity contribution in [1.29, 1.82) is 0 Å². The Kier molecular flexibility index (Phi) is 9.68. The molecular formula is C24H32N2O5. The summed E-state index contributed by atoms with van der Waals surface area (Å²) < 4.78 is 16.1. The van der Waals surface area contributed by atoms with Crippen molar-refractivity contribution in [3.05, 3.63) is 53.6 Å². The van der Waals surface area contributed by atoms with Gasteiger partial charge in [-0.3, -0.25) is 9.59 Å². The van der Waals surface area contributed by atoms with Gasteiger partial charge in [0.25, 0.3) is 5.91 Å². The topological polar surface area (TPSA) is 77.1 Å². The van der Waals surface area contributed by atoms with E-state index in [-0.39, 0.29) is 11.8 Å². The zero-order valence-electron chi connectivity index (χ0n) is 18.8. The molecule has 0 fully saturated rings. The molecule has 0 aliphatic rings. The van der Waals surface area contributed by atoms with E-state index < -0.39 is 0 Å². The maximum atomic E-state index is 12.6. The van der Waals surface area contributed by atoms with E-state index in [1.165, 1.54) is 0 Å². The number of amides is 2. The lowest BCUT2D eigenvalue weighted by molar-refractivity contribution is -0.131. The molecule has 1 N–H and O–H groups in total. The largest absolute Gasteiger partial charge is 0.493 e. The number of methoxy groups -OCH3 is 2. The summed E-state index contributed by atoms with van der Waals surface area (Å²) in [5.74, 6) is 1.70. The summed E-state index contributed by atoms with van der Waals surface area (Å²) in [7, 11) is 3.18. The van der Waals surface area contributed by atoms with Gasteiger partial charge in [-0.1, -0.05) is 18.2 Å². The van der Waals surface area contributed by atoms with Gasteiger partial charge < -0.3 is 24.4 Å². The van der Waals surface area contributed by atoms with Gasteiger partial charge in [0.15, 0.2) is 11.5 Å². The van der Waals surface area contributed by atoms with Gasteiger partial charge in [-0.2, -0.15) is 0 Å². The molecule has 0 aliphatic carbocycles. The monoisotopic (exact) mass is 428 g/mol. The van der Waals surface area contributed by atoms with E-state index in [0.717, 1.165) is 5.56 Å². The molecule has 7 nitrogen and oxygen atoms in total. The molecule has 0 unspecified atom stereocenters. The zero-order chi connectivity index (χ0) is 22.6. The third kappa shape index (κ3) is 6.91. The molecule has 0 aliphatic heterocycles. The third-order valence-corrected chi connectivity index (χ3v) is 4.84. The number of hydrogen-bond donors (Lipinski definition) is 1. The van der Waals surface area contributed by atoms with Gasteiger partial charge in [-0.25, -0.2) is 0 Å². The molecule has 0 heterocycles. The van der Waals surface area contributed by atoms with E-state index in [1.54, 1.807) is 37.3 Å². The van der Waals surface area contributed by atoms with Gasteiger partial charge >= 0.3 is 0 Å². The number of nitrogens with one attached hydrogen (secondary N) is 1. The van der Waals surface area contributed by atoms with Gasteiger partial charge in [0.1, 0.15) is 5.75 Å². The minimum absolute atomic E-state index is 0.0428. The van der Waals surface area contributed by atoms with Gasteiger partial charge in [0.05, 0.1) is 26.4 Å². The average molecular weight is 429 g/mol. The average Bonchev–Trinajstić information content (AvgIpc) is 2.80. The molecule has 168 valence electrons. The Balaban J connectivity index is 1.85. The first-order valence-corrected chi connectivity index (χ1v) is 10.5. The first kappa shape index (κ1) is 24.1. The smallest absolute Gasteiger partial charge is 0.255 e. The fourth-order valence-electron chi connectivity index (χ4n) is 3.21. The molecule has 0 spiro atoms. The minimum Gasteiger partial charge on any atom is -0.493 e. The van der Waals surface area contributed by atoms with Crippen LogP contribution in [0.4, 0.5) is 0 Å². The Bertz CT molecular complexity index is 869. The predicted molar refractivity (Wildman–Crippen MR) is 120 cm³/mol. The molecule has 0 aromatic heterocycles. The molecule has 2 aromatic rings. The maximum Gasteiger partial charge on any atom is 0.255 e. The van der Waals surface area contributed by atoms with E-state index in [2.05, 4.69) is 5.32 Å². The van der Waals surface area contributed by atoms with Gasteiger partial charge in [-0.05, 0) is 50.1 Å². The van der Waals surface area contributed by atoms with Crippen molar-refractivity contribution >= 4 is 11.8 Å². The Morgan fingerprint density at radius 1 is 0.968 bits per heavy atom. The molecule has 2 rings (SSSR count). The normalized spacial score (nSPS) is 10.3. The number of hydrogen-bond acceptors (Lipinski definition) is 5. The summed E-state index contributed by atoms with van der Waals surface area (Å²) >= 11 is 0. The SMILES string of the molecule is CCOc1ccccc1C(=O)NCCCC(=O)N(CC)Cc1ccc(OC)c(OC)c1. The summed E-state index contributed by atoms with van der Waals surface area (Å²) in [5.41, 5.74) is 1.47. The summed E-state index contributed by atoms with van der Waals surface area (Å²) in [4.78, 5) is 26.9. The second-order valence-corrected chi connectivity index (χ2v) is 6.89. The van der Waals surface area contributed by atoms with Gasteiger partial charge in [-0.15, -0.1) is 0 Å². The van der Waals surface area contributed by atoms with Crippen molar-refractivity contribution in [3.63, 3.8) is 0 Å². The van der Waals surface area contributed by atoms with Gasteiger partial charge in [0.2, 0.25) is 5.91 Å². The number of ether oxygens (including phenoxy) is 3. The summed E-state index contributed by atoms with van der Waals surface area (Å²) in [6, 6.07) is 12.8. The molecule has 0 atom stereocenters. The maximum absolute atomic E-state index is 12.6. The quantitative estimate of drug-likeness (QED) is 0.522. The second kappa shape index (κ2) is 12.5. The molecule has 0 bridgehead atoms. The van der Waals surface area contributed by atoms with Crippen LogP contribution in [0, 0.1) is 0 Å². The Labute approximate surface area is 184 Å². The van der Waals surface area contributed by atoms with Crippen molar-refractivity contribution in [2.75, 3.05) is 33.9 Å². The number of rotatable bonds is 12. The lowest BCUT2D eigenvalue weighted by atomic mass is 10.1. The molecular weight excluding hydrogens is 396 g/mol. The fourth-order valence-corrected chi connectivity index (χ4v) is 3.21. The van der Waals surface area contributed by atoms with Crippen molar-refractivity contribution in [2.45, 2.75) is 33.2 Å². The van der Waals surface area contributed by atoms with Crippen LogP contribution in [0.3, 0.4) is 0 Å². The van der Waals surface area contributed by atoms with Crippen LogP contribution in [-0.4, -0.2) is 50.6 Å². The summed E-state index contributed by atoms with van der Waals surface area (Å²) in [5, 5.41) is 2.87. The lowest BCUT2D eigenvalue weighted by Crippen LogP contribution is -2.31. The van der Waals surface area contributed by atoms with Crippen LogP contribution >= 0.6 is 0 Å². The molecule has 7 heteroatoms. The van der Waals surface area contributed by atoms with Crippen LogP contribution in [0.25, 0.3) is 0 Å². The van der Waals surface area contributed by atoms with Crippen molar-refractivity contribution in [2.24, 2.45) is 0 Å². The lowest BCUT2D eigenvalue weighted by Gasteiger charge is -2.22. The first-order chi connectivity index (χ1) is 15.0. The van der Waals surface area contributed by atoms with E-state index >= 15 is 0 Å². The highest BCUT2D eigenvalue weighted by Crippen LogP contribution is 2.28. The summed E-state index contributed by atoms with van der Waals surface area (Å²) in [6.45, 7) is 5.82. The van der Waals surface area contributed by atoms with E-state index in [1.807, 2.05) is 38.1 Å². The molecule has 2 amide bonds. The number of carbonyl (C=O) groups is 2. The first-order valence-electron chi connectivity index (χ1n) is 10.5. The minimum atomic E-state index is -0.200. The highest BCUT2D eigenvalue weighted by atomic mass is 16.5. The zero-order valence-corrected chi connectivity index (χ0v) is 18.8. The van der Waals surface area contributed by atoms with Crippen molar-refractivity contribution in [3.8, 4) is 17.2 Å². The van der Waals surface area contributed by atoms with E-state index in [4.69, 9.17) is 14.2 Å². The van der Waals surface area contributed by atoms with Crippen LogP contribution in [0.2, 0.25) is 0 Å². The standard InChI is InChI=1S/C24H32N2O5/c1-5-26(17-18-13-14-21(29-3)22(16-18)30-4)23(27)12-9-15-25-24(28)19-10-7-8-11-20(19)31-6-2/h7-8,10-11,13-14,16H,5-6,9,12,15,17H2,1-4H3,(H,25,28). The molecule has 2 aromatic carbocycles. The molecule has 0 saturated carbocycles. The highest BCUT2D eigenvalue weighted by molar-refractivity contribution is 5.96. The molecule has 31 heavy (non-hydrogen) atoms. The Hall–Kier alpha value is -3.22. The van der Waals surface area contributed by atoms with E-state index in [9.17, 15) is 9.59 Å². The van der Waals surface area contributed by atoms with Crippen LogP contribution in [0.15, 0.2) is 42.5 Å². The molecule has 0 saturated heterocycles. The number of benzene rings is 2. The Morgan fingerprint density at radius 2 is 1.71 bits per heavy atom. The fraction of sp³-hybridized carbons (Fsp3) is 0.417. The predicted octanol–water partition coefficient (Wildman–Crippen LogP) is 3.66. The third-order valence-electron chi connectivity index (χ3n) is 4.84. The number of para-hydroxylation sites is 1. The van der Waals surface area contributed by atoms with E-state index in [0.29, 0.717) is 61.9 Å². The van der Waals surface area contributed by atoms with Crippen LogP contribution in [-0.2, 0) is 11.3 Å². The molecule has 0 radical (unpaired) electrons. The van der Waals surface area contributed by atoms with Crippen molar-refractivity contribution < 1.29 is 23.8 Å². The van der Waals surface area contributed by atoms with Crippen LogP contribution in [0.1, 0.15) is 42.6 Å². The van der Waals surface area contributed by atoms with Crippen molar-refractivity contribution in [1.82, 2.24) is 10.2 Å². The number of carbonyl (C=O) groups excluding carboxylic acids is 2. The van der Waals surface area contributed by atoms with Crippen LogP contribution in [0.5, 0.6) is 17.2 Å².